The number of aliphatic hydroxyl groups excluding tert-OH is 5. The summed E-state index contributed by atoms with van der Waals surface area (Å²) < 4.78 is 0. The highest BCUT2D eigenvalue weighted by molar-refractivity contribution is 5.88. The molecule has 1 rings (SSSR count). The number of carboxylic acids is 5. The molecule has 1 aliphatic carbocycles. The number of rotatable bonds is 55. The van der Waals surface area contributed by atoms with E-state index < -0.39 is 212 Å². The maximum absolute atomic E-state index is 13.2. The van der Waals surface area contributed by atoms with Crippen LogP contribution in [0.25, 0.3) is 0 Å². The first-order valence-electron chi connectivity index (χ1n) is 29.2. The average molecular weight is 1290 g/mol. The Labute approximate surface area is 519 Å². The number of hydrogen-bond acceptors (Lipinski definition) is 33. The molecule has 9 atom stereocenters. The molecule has 0 bridgehead atoms. The van der Waals surface area contributed by atoms with Gasteiger partial charge in [-0.3, -0.25) is 53.4 Å². The zero-order valence-electron chi connectivity index (χ0n) is 50.1. The molecule has 0 aliphatic heterocycles. The van der Waals surface area contributed by atoms with E-state index in [2.05, 4.69) is 26.6 Å². The zero-order chi connectivity index (χ0) is 68.1. The Morgan fingerprint density at radius 3 is 1.24 bits per heavy atom. The fourth-order valence-electron chi connectivity index (χ4n) is 9.29. The highest BCUT2D eigenvalue weighted by atomic mass is 16.5. The van der Waals surface area contributed by atoms with Gasteiger partial charge < -0.3 is 139 Å². The number of carboxylic acid groups (broad SMARTS) is 5. The number of nitrogens with two attached hydrogens (primary N) is 2. The van der Waals surface area contributed by atoms with Crippen LogP contribution in [0.3, 0.4) is 0 Å². The molecule has 38 heteroatoms. The summed E-state index contributed by atoms with van der Waals surface area (Å²) in [5.74, 6) is -11.5. The highest BCUT2D eigenvalue weighted by Gasteiger charge is 2.41. The van der Waals surface area contributed by atoms with E-state index in [0.717, 1.165) is 24.5 Å². The third-order valence-corrected chi connectivity index (χ3v) is 14.0. The number of unbranched alkanes of at least 4 members (excludes halogenated alkanes) is 2. The summed E-state index contributed by atoms with van der Waals surface area (Å²) >= 11 is 0. The molecule has 0 spiro atoms. The fourth-order valence-corrected chi connectivity index (χ4v) is 9.29. The number of amides is 5. The van der Waals surface area contributed by atoms with Crippen molar-refractivity contribution in [1.82, 2.24) is 56.0 Å². The summed E-state index contributed by atoms with van der Waals surface area (Å²) in [6.45, 7) is -8.58. The molecule has 1 aliphatic rings. The van der Waals surface area contributed by atoms with Crippen molar-refractivity contribution in [1.29, 1.82) is 0 Å². The second-order valence-electron chi connectivity index (χ2n) is 21.8. The lowest BCUT2D eigenvalue weighted by atomic mass is 10.1. The van der Waals surface area contributed by atoms with Crippen LogP contribution in [0, 0.1) is 0 Å². The van der Waals surface area contributed by atoms with Crippen LogP contribution in [0.5, 0.6) is 0 Å². The minimum atomic E-state index is -2.34. The van der Waals surface area contributed by atoms with Crippen molar-refractivity contribution in [2.24, 2.45) is 11.5 Å². The minimum absolute atomic E-state index is 0.00387. The molecule has 1 fully saturated rings. The summed E-state index contributed by atoms with van der Waals surface area (Å²) in [4.78, 5) is 129. The van der Waals surface area contributed by atoms with Gasteiger partial charge in [0, 0.05) is 156 Å². The van der Waals surface area contributed by atoms with Gasteiger partial charge in [0.1, 0.15) is 6.04 Å². The molecule has 90 heavy (non-hydrogen) atoms. The van der Waals surface area contributed by atoms with Crippen LogP contribution in [0.2, 0.25) is 0 Å². The van der Waals surface area contributed by atoms with Crippen LogP contribution in [0.15, 0.2) is 0 Å². The van der Waals surface area contributed by atoms with E-state index in [1.54, 1.807) is 0 Å². The third-order valence-electron chi connectivity index (χ3n) is 14.0. The molecule has 0 aromatic rings. The van der Waals surface area contributed by atoms with Crippen LogP contribution in [0.1, 0.15) is 83.5 Å². The topological polar surface area (TPSA) is 634 Å². The maximum Gasteiger partial charge on any atom is 0.244 e. The van der Waals surface area contributed by atoms with Gasteiger partial charge in [-0.05, 0) is 95.7 Å². The van der Waals surface area contributed by atoms with E-state index in [9.17, 15) is 125 Å². The van der Waals surface area contributed by atoms with E-state index in [1.165, 1.54) is 4.90 Å². The first-order valence-corrected chi connectivity index (χ1v) is 29.2. The van der Waals surface area contributed by atoms with Gasteiger partial charge in [-0.15, -0.1) is 0 Å². The molecular formula is C52H87N13O25-10. The second kappa shape index (κ2) is 44.5. The predicted octanol–water partition coefficient (Wildman–Crippen LogP) is -20.3. The van der Waals surface area contributed by atoms with Gasteiger partial charge in [0.05, 0.1) is 41.6 Å². The molecule has 0 heterocycles. The fraction of sp³-hybridized carbons (Fsp3) is 0.808. The molecule has 1 saturated carbocycles. The zero-order valence-corrected chi connectivity index (χ0v) is 50.1. The van der Waals surface area contributed by atoms with Gasteiger partial charge >= 0.3 is 0 Å². The molecule has 5 amide bonds. The van der Waals surface area contributed by atoms with Crippen molar-refractivity contribution in [2.75, 3.05) is 124 Å². The number of nitrogens with zero attached hydrogens (tertiary/aromatic N) is 6. The lowest BCUT2D eigenvalue weighted by Crippen LogP contribution is -2.56. The SMILES string of the molecule is N[C@@H](CCCCNC(=O)CCC(C([O-])O)N(CCN(CC([O-])O)CC([O-])O)CCN(CC([O-])O)CC([O-])O)C(=O)NCCC(=O)N[C@@H](CCCCNC(=O)CCC(C(=O)[O-])N(CCN(CC(=O)[O-])CC(=O)[O-])CCN(CC(=O)[O-])CC(=O)[O-])C(=O)NC1(N)CC1. The summed E-state index contributed by atoms with van der Waals surface area (Å²) in [6, 6.07) is -5.10. The van der Waals surface area contributed by atoms with Gasteiger partial charge in [-0.25, -0.2) is 0 Å². The van der Waals surface area contributed by atoms with Gasteiger partial charge in [-0.1, -0.05) is 0 Å². The van der Waals surface area contributed by atoms with E-state index in [1.807, 2.05) is 0 Å². The summed E-state index contributed by atoms with van der Waals surface area (Å²) in [5.41, 5.74) is 11.2. The smallest absolute Gasteiger partial charge is 0.244 e. The number of carbonyl (C=O) groups excluding carboxylic acids is 10. The standard InChI is InChI=1S/C52H92N13O25/c53-33(5-1-3-14-55-37(66)9-7-35(50(87)88)64(21-17-60(25-40(69)70)26-41(71)72)22-18-61(27-42(73)74)28-43(75)76)48(85)57-16-11-39(68)58-34(49(86)59-52(54)12-13-52)6-2-4-15-56-38(67)10-8-36(51(89)90)65(23-19-62(29-44(77)78)30-45(79)80)24-20-63(31-46(81)82)32-47(83)84/h33-36,40-43,50,69,71,73,75,87H,1-32,53-54H2,(H,55,66)(H,56,67)(H,57,85)(H,58,68)(H,59,86)(H,77,78)(H,79,80)(H,81,82)(H,83,84)(H,89,90)/q-5/p-5/t33-,34-,35?,36?,40?,41?,42?,43?,50?/m0/s1. The normalized spacial score (nSPS) is 16.0. The van der Waals surface area contributed by atoms with Gasteiger partial charge in [0.15, 0.2) is 0 Å². The third kappa shape index (κ3) is 40.0. The van der Waals surface area contributed by atoms with Gasteiger partial charge in [0.25, 0.3) is 0 Å². The van der Waals surface area contributed by atoms with Crippen molar-refractivity contribution < 1.29 is 125 Å². The molecule has 0 aromatic heterocycles. The van der Waals surface area contributed by atoms with E-state index in [-0.39, 0.29) is 90.8 Å². The first-order chi connectivity index (χ1) is 42.2. The molecule has 0 radical (unpaired) electrons. The first kappa shape index (κ1) is 82.0. The molecular weight excluding hydrogens is 1210 g/mol. The van der Waals surface area contributed by atoms with Crippen molar-refractivity contribution in [2.45, 2.75) is 145 Å². The number of aliphatic carboxylic acids is 5. The van der Waals surface area contributed by atoms with E-state index >= 15 is 0 Å². The molecule has 38 nitrogen and oxygen atoms in total. The van der Waals surface area contributed by atoms with E-state index in [4.69, 9.17) is 11.5 Å². The second-order valence-corrected chi connectivity index (χ2v) is 21.8. The summed E-state index contributed by atoms with van der Waals surface area (Å²) in [6.07, 6.45) is -10.5. The van der Waals surface area contributed by atoms with Crippen LogP contribution < -0.4 is 89.1 Å². The lowest BCUT2D eigenvalue weighted by Gasteiger charge is -2.41. The highest BCUT2D eigenvalue weighted by Crippen LogP contribution is 2.29. The van der Waals surface area contributed by atoms with Crippen LogP contribution >= 0.6 is 0 Å². The minimum Gasteiger partial charge on any atom is -0.830 e. The number of nitrogens with one attached hydrogen (secondary N) is 5. The molecule has 7 unspecified atom stereocenters. The van der Waals surface area contributed by atoms with Crippen molar-refractivity contribution >= 4 is 59.4 Å². The Morgan fingerprint density at radius 2 is 0.856 bits per heavy atom. The summed E-state index contributed by atoms with van der Waals surface area (Å²) in [7, 11) is 0. The van der Waals surface area contributed by atoms with Gasteiger partial charge in [0.2, 0.25) is 29.5 Å². The molecule has 0 saturated heterocycles. The molecule has 520 valence electrons. The quantitative estimate of drug-likeness (QED) is 0.0199. The Kier molecular flexibility index (Phi) is 40.5. The Bertz CT molecular complexity index is 2080. The van der Waals surface area contributed by atoms with Gasteiger partial charge in [-0.2, -0.15) is 0 Å². The molecule has 0 aromatic carbocycles. The molecule has 14 N–H and O–H groups in total. The number of hydrogen-bond donors (Lipinski definition) is 12. The monoisotopic (exact) mass is 1290 g/mol. The lowest BCUT2D eigenvalue weighted by molar-refractivity contribution is -0.497. The Hall–Kier alpha value is -6.02. The van der Waals surface area contributed by atoms with Crippen molar-refractivity contribution in [3.8, 4) is 0 Å². The Balaban J connectivity index is 2.78. The number of carbonyl (C=O) groups is 10. The van der Waals surface area contributed by atoms with Crippen molar-refractivity contribution in [3.63, 3.8) is 0 Å². The van der Waals surface area contributed by atoms with Crippen LogP contribution in [-0.2, 0) is 47.9 Å². The van der Waals surface area contributed by atoms with Crippen LogP contribution in [0.4, 0.5) is 0 Å². The van der Waals surface area contributed by atoms with E-state index in [0.29, 0.717) is 25.7 Å². The largest absolute Gasteiger partial charge is 0.830 e. The number of aliphatic hydroxyl groups is 5. The predicted molar refractivity (Wildman–Crippen MR) is 286 cm³/mol. The maximum atomic E-state index is 13.2. The van der Waals surface area contributed by atoms with Crippen LogP contribution in [-0.4, -0.2) is 300 Å². The average Bonchev–Trinajstić information content (AvgIpc) is 2.30. The summed E-state index contributed by atoms with van der Waals surface area (Å²) in [5, 5.41) is 176. The van der Waals surface area contributed by atoms with Crippen molar-refractivity contribution in [3.05, 3.63) is 0 Å². The Morgan fingerprint density at radius 1 is 0.456 bits per heavy atom.